The largest absolute Gasteiger partial charge is 0.313 e. The van der Waals surface area contributed by atoms with E-state index in [1.54, 1.807) is 37.3 Å². The fourth-order valence-corrected chi connectivity index (χ4v) is 6.50. The fraction of sp³-hybridized carbons (Fsp3) is 0.167. The molecule has 0 fully saturated rings. The Kier molecular flexibility index (Phi) is 7.13. The van der Waals surface area contributed by atoms with Crippen LogP contribution in [0.4, 0.5) is 0 Å². The Hall–Kier alpha value is -1.90. The summed E-state index contributed by atoms with van der Waals surface area (Å²) >= 11 is 19.1. The van der Waals surface area contributed by atoms with Crippen LogP contribution in [0.5, 0.6) is 0 Å². The van der Waals surface area contributed by atoms with Gasteiger partial charge in [0.15, 0.2) is 13.6 Å². The number of carbonyl (C=O) groups is 2. The molecule has 0 aliphatic carbocycles. The molecule has 3 aromatic carbocycles. The first-order valence-electron chi connectivity index (χ1n) is 9.49. The third-order valence-electron chi connectivity index (χ3n) is 5.45. The van der Waals surface area contributed by atoms with Crippen LogP contribution in [0.3, 0.4) is 0 Å². The Balaban J connectivity index is 2.16. The smallest absolute Gasteiger partial charge is 0.223 e. The average molecular weight is 494 g/mol. The van der Waals surface area contributed by atoms with E-state index in [4.69, 9.17) is 34.8 Å². The van der Waals surface area contributed by atoms with Gasteiger partial charge in [0.1, 0.15) is 0 Å². The van der Waals surface area contributed by atoms with E-state index in [2.05, 4.69) is 0 Å². The SMILES string of the molecule is Cc1cc(C)c(C(=O)[PH](=O)c2c(Cl)cc(Cl)c(C(=O)c3ccccc3)c2Cl)c(C)c1C. The van der Waals surface area contributed by atoms with Crippen molar-refractivity contribution in [1.29, 1.82) is 0 Å². The highest BCUT2D eigenvalue weighted by atomic mass is 35.5. The van der Waals surface area contributed by atoms with Crippen molar-refractivity contribution in [1.82, 2.24) is 0 Å². The van der Waals surface area contributed by atoms with Crippen LogP contribution in [-0.2, 0) is 4.57 Å². The molecule has 0 saturated carbocycles. The second kappa shape index (κ2) is 9.30. The first-order valence-corrected chi connectivity index (χ1v) is 12.0. The van der Waals surface area contributed by atoms with Crippen molar-refractivity contribution in [2.75, 3.05) is 0 Å². The first-order chi connectivity index (χ1) is 14.6. The third kappa shape index (κ3) is 4.38. The van der Waals surface area contributed by atoms with E-state index in [1.165, 1.54) is 6.07 Å². The Labute approximate surface area is 197 Å². The van der Waals surface area contributed by atoms with Gasteiger partial charge in [-0.2, -0.15) is 0 Å². The lowest BCUT2D eigenvalue weighted by atomic mass is 9.95. The van der Waals surface area contributed by atoms with E-state index in [-0.39, 0.29) is 25.9 Å². The Bertz CT molecular complexity index is 1250. The maximum Gasteiger partial charge on any atom is 0.223 e. The highest BCUT2D eigenvalue weighted by molar-refractivity contribution is 7.72. The molecular formula is C24H20Cl3O3P. The lowest BCUT2D eigenvalue weighted by molar-refractivity contribution is 0.103. The zero-order valence-electron chi connectivity index (χ0n) is 17.4. The molecule has 0 bridgehead atoms. The molecule has 0 aromatic heterocycles. The summed E-state index contributed by atoms with van der Waals surface area (Å²) in [5, 5.41) is -0.161. The minimum atomic E-state index is -3.15. The second-order valence-electron chi connectivity index (χ2n) is 7.39. The van der Waals surface area contributed by atoms with E-state index < -0.39 is 19.1 Å². The molecule has 0 spiro atoms. The van der Waals surface area contributed by atoms with Gasteiger partial charge in [-0.15, -0.1) is 0 Å². The topological polar surface area (TPSA) is 51.2 Å². The summed E-state index contributed by atoms with van der Waals surface area (Å²) < 4.78 is 13.4. The highest BCUT2D eigenvalue weighted by Gasteiger charge is 2.29. The lowest BCUT2D eigenvalue weighted by Gasteiger charge is -2.16. The molecule has 0 amide bonds. The molecule has 0 saturated heterocycles. The van der Waals surface area contributed by atoms with Gasteiger partial charge in [0.2, 0.25) is 5.52 Å². The predicted octanol–water partition coefficient (Wildman–Crippen LogP) is 7.14. The molecule has 7 heteroatoms. The van der Waals surface area contributed by atoms with Crippen molar-refractivity contribution < 1.29 is 14.2 Å². The van der Waals surface area contributed by atoms with Crippen molar-refractivity contribution in [2.45, 2.75) is 27.7 Å². The summed E-state index contributed by atoms with van der Waals surface area (Å²) in [6.45, 7) is 7.50. The number of aryl methyl sites for hydroxylation is 2. The second-order valence-corrected chi connectivity index (χ2v) is 10.2. The van der Waals surface area contributed by atoms with Crippen molar-refractivity contribution in [3.63, 3.8) is 0 Å². The molecule has 0 radical (unpaired) electrons. The summed E-state index contributed by atoms with van der Waals surface area (Å²) in [4.78, 5) is 26.3. The predicted molar refractivity (Wildman–Crippen MR) is 130 cm³/mol. The summed E-state index contributed by atoms with van der Waals surface area (Å²) in [7, 11) is -3.15. The van der Waals surface area contributed by atoms with Crippen molar-refractivity contribution in [3.05, 3.63) is 96.5 Å². The summed E-state index contributed by atoms with van der Waals surface area (Å²) in [5.74, 6) is -0.436. The van der Waals surface area contributed by atoms with Crippen LogP contribution in [-0.4, -0.2) is 11.3 Å². The van der Waals surface area contributed by atoms with Crippen LogP contribution in [0.2, 0.25) is 15.1 Å². The minimum absolute atomic E-state index is 0.00371. The standard InChI is InChI=1S/C24H20Cl3O3P/c1-12-10-13(2)19(15(4)14(12)3)24(29)31(30)23-18(26)11-17(25)20(21(23)27)22(28)16-8-6-5-7-9-16/h5-11,31H,1-4H3. The van der Waals surface area contributed by atoms with E-state index in [0.717, 1.165) is 22.3 Å². The van der Waals surface area contributed by atoms with Crippen molar-refractivity contribution in [3.8, 4) is 0 Å². The molecule has 0 N–H and O–H groups in total. The molecule has 160 valence electrons. The van der Waals surface area contributed by atoms with Crippen LogP contribution in [0.1, 0.15) is 48.5 Å². The van der Waals surface area contributed by atoms with E-state index in [9.17, 15) is 14.2 Å². The molecule has 1 atom stereocenters. The molecule has 3 nitrogen and oxygen atoms in total. The summed E-state index contributed by atoms with van der Waals surface area (Å²) in [6, 6.07) is 11.7. The number of rotatable bonds is 5. The van der Waals surface area contributed by atoms with Crippen molar-refractivity contribution in [2.24, 2.45) is 0 Å². The van der Waals surface area contributed by atoms with Gasteiger partial charge in [-0.05, 0) is 56.0 Å². The average Bonchev–Trinajstić information content (AvgIpc) is 2.72. The van der Waals surface area contributed by atoms with E-state index >= 15 is 0 Å². The number of halogens is 3. The number of hydrogen-bond acceptors (Lipinski definition) is 3. The van der Waals surface area contributed by atoms with Crippen LogP contribution < -0.4 is 5.30 Å². The van der Waals surface area contributed by atoms with Gasteiger partial charge in [-0.1, -0.05) is 71.2 Å². The van der Waals surface area contributed by atoms with Gasteiger partial charge in [-0.3, -0.25) is 9.59 Å². The number of ketones is 1. The van der Waals surface area contributed by atoms with E-state index in [0.29, 0.717) is 11.1 Å². The van der Waals surface area contributed by atoms with E-state index in [1.807, 2.05) is 26.8 Å². The monoisotopic (exact) mass is 492 g/mol. The van der Waals surface area contributed by atoms with Gasteiger partial charge in [0.05, 0.1) is 25.9 Å². The molecular weight excluding hydrogens is 474 g/mol. The van der Waals surface area contributed by atoms with Crippen LogP contribution in [0.25, 0.3) is 0 Å². The number of carbonyl (C=O) groups excluding carboxylic acids is 2. The molecule has 3 rings (SSSR count). The molecule has 31 heavy (non-hydrogen) atoms. The van der Waals surface area contributed by atoms with Gasteiger partial charge in [-0.25, -0.2) is 0 Å². The summed E-state index contributed by atoms with van der Waals surface area (Å²) in [5.41, 5.74) is 3.69. The maximum absolute atomic E-state index is 13.4. The zero-order chi connectivity index (χ0) is 23.0. The van der Waals surface area contributed by atoms with Gasteiger partial charge < -0.3 is 4.57 Å². The molecule has 0 heterocycles. The van der Waals surface area contributed by atoms with Gasteiger partial charge in [0, 0.05) is 11.1 Å². The Morgan fingerprint density at radius 1 is 0.774 bits per heavy atom. The van der Waals surface area contributed by atoms with Gasteiger partial charge in [0.25, 0.3) is 0 Å². The summed E-state index contributed by atoms with van der Waals surface area (Å²) in [6.07, 6.45) is 0. The van der Waals surface area contributed by atoms with Crippen LogP contribution in [0.15, 0.2) is 42.5 Å². The molecule has 1 unspecified atom stereocenters. The van der Waals surface area contributed by atoms with Gasteiger partial charge >= 0.3 is 0 Å². The lowest BCUT2D eigenvalue weighted by Crippen LogP contribution is -2.15. The third-order valence-corrected chi connectivity index (χ3v) is 8.38. The fourth-order valence-electron chi connectivity index (χ4n) is 3.60. The molecule has 0 aliphatic rings. The Morgan fingerprint density at radius 2 is 1.39 bits per heavy atom. The highest BCUT2D eigenvalue weighted by Crippen LogP contribution is 2.40. The Morgan fingerprint density at radius 3 is 2.00 bits per heavy atom. The van der Waals surface area contributed by atoms with Crippen LogP contribution in [0, 0.1) is 27.7 Å². The maximum atomic E-state index is 13.4. The van der Waals surface area contributed by atoms with Crippen LogP contribution >= 0.6 is 42.6 Å². The normalized spacial score (nSPS) is 12.0. The number of hydrogen-bond donors (Lipinski definition) is 0. The first kappa shape index (κ1) is 23.8. The molecule has 0 aliphatic heterocycles. The quantitative estimate of drug-likeness (QED) is 0.280. The zero-order valence-corrected chi connectivity index (χ0v) is 20.7. The number of benzene rings is 3. The minimum Gasteiger partial charge on any atom is -0.313 e. The van der Waals surface area contributed by atoms with Crippen molar-refractivity contribution >= 4 is 59.2 Å². The molecule has 3 aromatic rings.